The standard InChI is InChI=1S/C13H23N7/c1-14-12-10-8-15-20(5)13(10)17-11(16-12)9-19(4)7-6-18(2)3/h8H,6-7,9H2,1-5H3,(H,14,16,17). The molecule has 0 unspecified atom stereocenters. The smallest absolute Gasteiger partial charge is 0.163 e. The summed E-state index contributed by atoms with van der Waals surface area (Å²) in [5.41, 5.74) is 0.861. The first kappa shape index (κ1) is 14.7. The molecule has 0 radical (unpaired) electrons. The van der Waals surface area contributed by atoms with Gasteiger partial charge >= 0.3 is 0 Å². The van der Waals surface area contributed by atoms with Gasteiger partial charge in [0, 0.05) is 27.2 Å². The van der Waals surface area contributed by atoms with E-state index in [1.54, 1.807) is 10.9 Å². The Bertz CT molecular complexity index is 575. The van der Waals surface area contributed by atoms with Crippen molar-refractivity contribution in [2.75, 3.05) is 46.6 Å². The fourth-order valence-electron chi connectivity index (χ4n) is 2.02. The molecule has 7 nitrogen and oxygen atoms in total. The van der Waals surface area contributed by atoms with Crippen LogP contribution >= 0.6 is 0 Å². The van der Waals surface area contributed by atoms with Crippen molar-refractivity contribution >= 4 is 16.9 Å². The van der Waals surface area contributed by atoms with Gasteiger partial charge in [-0.15, -0.1) is 0 Å². The van der Waals surface area contributed by atoms with Crippen LogP contribution in [0.4, 0.5) is 5.82 Å². The summed E-state index contributed by atoms with van der Waals surface area (Å²) in [4.78, 5) is 13.6. The van der Waals surface area contributed by atoms with Crippen LogP contribution in [0.25, 0.3) is 11.0 Å². The van der Waals surface area contributed by atoms with E-state index in [-0.39, 0.29) is 0 Å². The molecule has 0 aliphatic rings. The van der Waals surface area contributed by atoms with E-state index in [1.807, 2.05) is 14.1 Å². The van der Waals surface area contributed by atoms with E-state index in [4.69, 9.17) is 0 Å². The predicted octanol–water partition coefficient (Wildman–Crippen LogP) is 0.398. The van der Waals surface area contributed by atoms with E-state index < -0.39 is 0 Å². The van der Waals surface area contributed by atoms with Gasteiger partial charge < -0.3 is 10.2 Å². The van der Waals surface area contributed by atoms with Crippen molar-refractivity contribution in [2.45, 2.75) is 6.54 Å². The van der Waals surface area contributed by atoms with Crippen LogP contribution in [0.2, 0.25) is 0 Å². The molecule has 20 heavy (non-hydrogen) atoms. The predicted molar refractivity (Wildman–Crippen MR) is 80.7 cm³/mol. The number of fused-ring (bicyclic) bond motifs is 1. The summed E-state index contributed by atoms with van der Waals surface area (Å²) in [6.45, 7) is 2.72. The molecule has 0 spiro atoms. The fraction of sp³-hybridized carbons (Fsp3) is 0.615. The van der Waals surface area contributed by atoms with Crippen LogP contribution in [0.15, 0.2) is 6.20 Å². The van der Waals surface area contributed by atoms with Crippen molar-refractivity contribution in [1.82, 2.24) is 29.5 Å². The molecule has 7 heteroatoms. The molecular formula is C13H23N7. The third-order valence-corrected chi connectivity index (χ3v) is 3.22. The third-order valence-electron chi connectivity index (χ3n) is 3.22. The van der Waals surface area contributed by atoms with Gasteiger partial charge in [-0.3, -0.25) is 9.58 Å². The van der Waals surface area contributed by atoms with E-state index in [9.17, 15) is 0 Å². The van der Waals surface area contributed by atoms with Gasteiger partial charge in [0.25, 0.3) is 0 Å². The van der Waals surface area contributed by atoms with Crippen molar-refractivity contribution in [2.24, 2.45) is 7.05 Å². The van der Waals surface area contributed by atoms with Gasteiger partial charge in [-0.1, -0.05) is 0 Å². The lowest BCUT2D eigenvalue weighted by Gasteiger charge is -2.18. The third kappa shape index (κ3) is 3.23. The average molecular weight is 277 g/mol. The number of aromatic nitrogens is 4. The molecule has 0 aliphatic carbocycles. The Hall–Kier alpha value is -1.73. The van der Waals surface area contributed by atoms with Crippen LogP contribution < -0.4 is 5.32 Å². The first-order valence-corrected chi connectivity index (χ1v) is 6.71. The molecule has 1 N–H and O–H groups in total. The van der Waals surface area contributed by atoms with Crippen LogP contribution in [0.1, 0.15) is 5.82 Å². The minimum absolute atomic E-state index is 0.726. The summed E-state index contributed by atoms with van der Waals surface area (Å²) in [5.74, 6) is 1.64. The first-order valence-electron chi connectivity index (χ1n) is 6.71. The Balaban J connectivity index is 2.19. The summed E-state index contributed by atoms with van der Waals surface area (Å²) >= 11 is 0. The maximum absolute atomic E-state index is 4.60. The lowest BCUT2D eigenvalue weighted by Crippen LogP contribution is -2.29. The molecule has 0 fully saturated rings. The van der Waals surface area contributed by atoms with Gasteiger partial charge in [-0.25, -0.2) is 9.97 Å². The number of hydrogen-bond acceptors (Lipinski definition) is 6. The van der Waals surface area contributed by atoms with Gasteiger partial charge in [0.1, 0.15) is 11.6 Å². The molecule has 0 saturated heterocycles. The number of likely N-dealkylation sites (N-methyl/N-ethyl adjacent to an activating group) is 2. The second kappa shape index (κ2) is 6.15. The number of hydrogen-bond donors (Lipinski definition) is 1. The van der Waals surface area contributed by atoms with Crippen LogP contribution in [-0.4, -0.2) is 70.8 Å². The minimum atomic E-state index is 0.726. The molecule has 2 heterocycles. The molecule has 2 aromatic rings. The summed E-state index contributed by atoms with van der Waals surface area (Å²) in [6, 6.07) is 0. The van der Waals surface area contributed by atoms with Crippen LogP contribution in [0, 0.1) is 0 Å². The maximum Gasteiger partial charge on any atom is 0.163 e. The van der Waals surface area contributed by atoms with Crippen molar-refractivity contribution < 1.29 is 0 Å². The number of nitrogens with zero attached hydrogens (tertiary/aromatic N) is 6. The van der Waals surface area contributed by atoms with Gasteiger partial charge in [-0.2, -0.15) is 5.10 Å². The Morgan fingerprint density at radius 2 is 1.95 bits per heavy atom. The Morgan fingerprint density at radius 3 is 2.60 bits per heavy atom. The number of anilines is 1. The molecule has 110 valence electrons. The zero-order valence-electron chi connectivity index (χ0n) is 12.9. The summed E-state index contributed by atoms with van der Waals surface area (Å²) in [7, 11) is 10.00. The molecule has 2 rings (SSSR count). The summed E-state index contributed by atoms with van der Waals surface area (Å²) in [6.07, 6.45) is 1.79. The van der Waals surface area contributed by atoms with E-state index in [2.05, 4.69) is 51.3 Å². The largest absolute Gasteiger partial charge is 0.372 e. The summed E-state index contributed by atoms with van der Waals surface area (Å²) in [5, 5.41) is 8.31. The highest BCUT2D eigenvalue weighted by molar-refractivity contribution is 5.86. The topological polar surface area (TPSA) is 62.1 Å². The Morgan fingerprint density at radius 1 is 1.20 bits per heavy atom. The maximum atomic E-state index is 4.60. The number of nitrogens with one attached hydrogen (secondary N) is 1. The average Bonchev–Trinajstić information content (AvgIpc) is 2.77. The lowest BCUT2D eigenvalue weighted by atomic mass is 10.3. The molecule has 2 aromatic heterocycles. The summed E-state index contributed by atoms with van der Waals surface area (Å²) < 4.78 is 1.78. The minimum Gasteiger partial charge on any atom is -0.372 e. The van der Waals surface area contributed by atoms with Crippen LogP contribution in [0.5, 0.6) is 0 Å². The van der Waals surface area contributed by atoms with Gasteiger partial charge in [-0.05, 0) is 21.1 Å². The fourth-order valence-corrected chi connectivity index (χ4v) is 2.02. The molecule has 0 aromatic carbocycles. The second-order valence-corrected chi connectivity index (χ2v) is 5.28. The zero-order chi connectivity index (χ0) is 14.7. The molecular weight excluding hydrogens is 254 g/mol. The number of aryl methyl sites for hydroxylation is 1. The highest BCUT2D eigenvalue weighted by Crippen LogP contribution is 2.19. The normalized spacial score (nSPS) is 11.8. The van der Waals surface area contributed by atoms with Crippen molar-refractivity contribution in [3.63, 3.8) is 0 Å². The van der Waals surface area contributed by atoms with Crippen molar-refractivity contribution in [3.8, 4) is 0 Å². The van der Waals surface area contributed by atoms with Gasteiger partial charge in [0.2, 0.25) is 0 Å². The van der Waals surface area contributed by atoms with Crippen molar-refractivity contribution in [3.05, 3.63) is 12.0 Å². The van der Waals surface area contributed by atoms with E-state index in [0.29, 0.717) is 0 Å². The lowest BCUT2D eigenvalue weighted by molar-refractivity contribution is 0.271. The van der Waals surface area contributed by atoms with Crippen LogP contribution in [-0.2, 0) is 13.6 Å². The monoisotopic (exact) mass is 277 g/mol. The zero-order valence-corrected chi connectivity index (χ0v) is 12.9. The first-order chi connectivity index (χ1) is 9.51. The Labute approximate surface area is 119 Å². The molecule has 0 atom stereocenters. The highest BCUT2D eigenvalue weighted by atomic mass is 15.3. The second-order valence-electron chi connectivity index (χ2n) is 5.28. The molecule has 0 aliphatic heterocycles. The quantitative estimate of drug-likeness (QED) is 0.824. The molecule has 0 bridgehead atoms. The highest BCUT2D eigenvalue weighted by Gasteiger charge is 2.11. The van der Waals surface area contributed by atoms with Gasteiger partial charge in [0.05, 0.1) is 18.1 Å². The van der Waals surface area contributed by atoms with Crippen LogP contribution in [0.3, 0.4) is 0 Å². The van der Waals surface area contributed by atoms with E-state index in [1.165, 1.54) is 0 Å². The molecule has 0 saturated carbocycles. The molecule has 0 amide bonds. The van der Waals surface area contributed by atoms with E-state index in [0.717, 1.165) is 42.3 Å². The Kier molecular flexibility index (Phi) is 4.51. The number of rotatable bonds is 6. The van der Waals surface area contributed by atoms with Crippen molar-refractivity contribution in [1.29, 1.82) is 0 Å². The van der Waals surface area contributed by atoms with Gasteiger partial charge in [0.15, 0.2) is 5.65 Å². The van der Waals surface area contributed by atoms with E-state index >= 15 is 0 Å². The SMILES string of the molecule is CNc1nc(CN(C)CCN(C)C)nc2c1cnn2C.